The van der Waals surface area contributed by atoms with Gasteiger partial charge in [0.2, 0.25) is 5.91 Å². The highest BCUT2D eigenvalue weighted by Crippen LogP contribution is 2.33. The summed E-state index contributed by atoms with van der Waals surface area (Å²) in [7, 11) is 3.31. The third-order valence-corrected chi connectivity index (χ3v) is 6.08. The van der Waals surface area contributed by atoms with Gasteiger partial charge in [0.15, 0.2) is 11.5 Å². The Balaban J connectivity index is 1.71. The van der Waals surface area contributed by atoms with Crippen molar-refractivity contribution in [3.05, 3.63) is 40.3 Å². The molecule has 2 aromatic rings. The highest BCUT2D eigenvalue weighted by atomic mass is 32.1. The van der Waals surface area contributed by atoms with E-state index in [0.717, 1.165) is 49.0 Å². The molecule has 1 amide bonds. The minimum absolute atomic E-state index is 0.0133. The fourth-order valence-electron chi connectivity index (χ4n) is 3.79. The van der Waals surface area contributed by atoms with E-state index >= 15 is 0 Å². The number of nitrogens with one attached hydrogen (secondary N) is 1. The maximum Gasteiger partial charge on any atom is 0.220 e. The lowest BCUT2D eigenvalue weighted by atomic mass is 9.90. The number of amides is 1. The minimum atomic E-state index is -0.0133. The fourth-order valence-corrected chi connectivity index (χ4v) is 4.57. The van der Waals surface area contributed by atoms with Gasteiger partial charge in [-0.2, -0.15) is 0 Å². The van der Waals surface area contributed by atoms with Crippen molar-refractivity contribution in [1.29, 1.82) is 0 Å². The smallest absolute Gasteiger partial charge is 0.220 e. The van der Waals surface area contributed by atoms with Crippen molar-refractivity contribution in [2.24, 2.45) is 5.92 Å². The second kappa shape index (κ2) is 9.89. The van der Waals surface area contributed by atoms with Gasteiger partial charge in [-0.3, -0.25) is 9.69 Å². The van der Waals surface area contributed by atoms with Gasteiger partial charge in [-0.25, -0.2) is 4.98 Å². The number of hydrogen-bond acceptors (Lipinski definition) is 6. The van der Waals surface area contributed by atoms with E-state index < -0.39 is 0 Å². The summed E-state index contributed by atoms with van der Waals surface area (Å²) >= 11 is 1.62. The van der Waals surface area contributed by atoms with Gasteiger partial charge in [-0.15, -0.1) is 11.3 Å². The highest BCUT2D eigenvalue weighted by molar-refractivity contribution is 7.09. The number of methoxy groups -OCH3 is 2. The van der Waals surface area contributed by atoms with Crippen molar-refractivity contribution in [1.82, 2.24) is 15.2 Å². The lowest BCUT2D eigenvalue weighted by Gasteiger charge is -2.36. The Bertz CT molecular complexity index is 766. The molecule has 2 heterocycles. The Hall–Kier alpha value is -2.12. The maximum atomic E-state index is 12.1. The molecule has 1 saturated heterocycles. The molecular weight excluding hydrogens is 374 g/mol. The summed E-state index contributed by atoms with van der Waals surface area (Å²) in [5.74, 6) is 1.94. The zero-order valence-corrected chi connectivity index (χ0v) is 17.6. The van der Waals surface area contributed by atoms with Crippen LogP contribution < -0.4 is 14.8 Å². The van der Waals surface area contributed by atoms with Crippen LogP contribution in [0.25, 0.3) is 0 Å². The summed E-state index contributed by atoms with van der Waals surface area (Å²) in [4.78, 5) is 19.0. The number of ether oxygens (including phenoxy) is 2. The summed E-state index contributed by atoms with van der Waals surface area (Å²) in [5.41, 5.74) is 1.20. The second-order valence-corrected chi connectivity index (χ2v) is 8.02. The number of aromatic nitrogens is 1. The second-order valence-electron chi connectivity index (χ2n) is 7.10. The van der Waals surface area contributed by atoms with E-state index in [4.69, 9.17) is 9.47 Å². The quantitative estimate of drug-likeness (QED) is 0.729. The Morgan fingerprint density at radius 1 is 1.36 bits per heavy atom. The van der Waals surface area contributed by atoms with Crippen LogP contribution in [-0.2, 0) is 11.3 Å². The zero-order chi connectivity index (χ0) is 19.9. The molecule has 0 unspecified atom stereocenters. The monoisotopic (exact) mass is 403 g/mol. The number of benzene rings is 1. The van der Waals surface area contributed by atoms with Crippen LogP contribution in [0.2, 0.25) is 0 Å². The molecule has 0 aliphatic carbocycles. The minimum Gasteiger partial charge on any atom is -0.493 e. The molecule has 1 aromatic heterocycles. The molecule has 2 atom stereocenters. The summed E-state index contributed by atoms with van der Waals surface area (Å²) in [5, 5.41) is 6.18. The molecule has 152 valence electrons. The van der Waals surface area contributed by atoms with Crippen molar-refractivity contribution < 1.29 is 14.3 Å². The lowest BCUT2D eigenvalue weighted by Crippen LogP contribution is -2.42. The third kappa shape index (κ3) is 5.02. The average Bonchev–Trinajstić information content (AvgIpc) is 3.26. The van der Waals surface area contributed by atoms with Gasteiger partial charge in [0.1, 0.15) is 5.01 Å². The number of hydrogen-bond donors (Lipinski definition) is 1. The van der Waals surface area contributed by atoms with Crippen LogP contribution in [0.3, 0.4) is 0 Å². The molecular formula is C21H29N3O3S. The molecule has 6 nitrogen and oxygen atoms in total. The number of carbonyl (C=O) groups is 1. The SMILES string of the molecule is CCC(=O)N[C@H](c1nccs1)[C@H]1CCCN(Cc2ccc(OC)c(OC)c2)C1. The lowest BCUT2D eigenvalue weighted by molar-refractivity contribution is -0.122. The topological polar surface area (TPSA) is 63.7 Å². The van der Waals surface area contributed by atoms with Crippen LogP contribution >= 0.6 is 11.3 Å². The van der Waals surface area contributed by atoms with Crippen LogP contribution in [0.1, 0.15) is 42.8 Å². The van der Waals surface area contributed by atoms with E-state index in [1.165, 1.54) is 5.56 Å². The van der Waals surface area contributed by atoms with E-state index in [2.05, 4.69) is 21.3 Å². The van der Waals surface area contributed by atoms with Gasteiger partial charge in [-0.05, 0) is 43.0 Å². The van der Waals surface area contributed by atoms with Crippen LogP contribution in [0.5, 0.6) is 11.5 Å². The molecule has 0 saturated carbocycles. The zero-order valence-electron chi connectivity index (χ0n) is 16.8. The van der Waals surface area contributed by atoms with Crippen molar-refractivity contribution in [2.75, 3.05) is 27.3 Å². The van der Waals surface area contributed by atoms with Gasteiger partial charge in [0.25, 0.3) is 0 Å². The van der Waals surface area contributed by atoms with Crippen molar-refractivity contribution >= 4 is 17.2 Å². The predicted molar refractivity (Wildman–Crippen MR) is 111 cm³/mol. The Morgan fingerprint density at radius 2 is 2.18 bits per heavy atom. The normalized spacial score (nSPS) is 18.5. The van der Waals surface area contributed by atoms with E-state index in [-0.39, 0.29) is 11.9 Å². The fraction of sp³-hybridized carbons (Fsp3) is 0.524. The van der Waals surface area contributed by atoms with Crippen LogP contribution in [0.4, 0.5) is 0 Å². The number of carbonyl (C=O) groups excluding carboxylic acids is 1. The first-order valence-corrected chi connectivity index (χ1v) is 10.6. The number of rotatable bonds is 8. The van der Waals surface area contributed by atoms with Gasteiger partial charge in [0, 0.05) is 31.1 Å². The van der Waals surface area contributed by atoms with Gasteiger partial charge in [-0.1, -0.05) is 13.0 Å². The molecule has 7 heteroatoms. The largest absolute Gasteiger partial charge is 0.493 e. The molecule has 1 N–H and O–H groups in total. The Labute approximate surface area is 170 Å². The average molecular weight is 404 g/mol. The summed E-state index contributed by atoms with van der Waals surface area (Å²) in [6.45, 7) is 4.72. The molecule has 1 aliphatic rings. The molecule has 0 bridgehead atoms. The van der Waals surface area contributed by atoms with E-state index in [9.17, 15) is 4.79 Å². The molecule has 1 fully saturated rings. The van der Waals surface area contributed by atoms with E-state index in [1.807, 2.05) is 30.6 Å². The molecule has 1 aromatic carbocycles. The van der Waals surface area contributed by atoms with Crippen molar-refractivity contribution in [3.63, 3.8) is 0 Å². The molecule has 0 radical (unpaired) electrons. The highest BCUT2D eigenvalue weighted by Gasteiger charge is 2.31. The van der Waals surface area contributed by atoms with Gasteiger partial charge < -0.3 is 14.8 Å². The molecule has 3 rings (SSSR count). The third-order valence-electron chi connectivity index (χ3n) is 5.22. The van der Waals surface area contributed by atoms with Crippen LogP contribution in [0.15, 0.2) is 29.8 Å². The van der Waals surface area contributed by atoms with Gasteiger partial charge >= 0.3 is 0 Å². The van der Waals surface area contributed by atoms with Crippen LogP contribution in [-0.4, -0.2) is 43.1 Å². The number of piperidine rings is 1. The summed E-state index contributed by atoms with van der Waals surface area (Å²) in [6.07, 6.45) is 4.51. The van der Waals surface area contributed by atoms with E-state index in [1.54, 1.807) is 25.6 Å². The Kier molecular flexibility index (Phi) is 7.28. The Morgan fingerprint density at radius 3 is 2.86 bits per heavy atom. The summed E-state index contributed by atoms with van der Waals surface area (Å²) < 4.78 is 10.8. The first-order valence-electron chi connectivity index (χ1n) is 9.76. The molecule has 0 spiro atoms. The maximum absolute atomic E-state index is 12.1. The number of nitrogens with zero attached hydrogens (tertiary/aromatic N) is 2. The van der Waals surface area contributed by atoms with Crippen molar-refractivity contribution in [3.8, 4) is 11.5 Å². The number of likely N-dealkylation sites (tertiary alicyclic amines) is 1. The van der Waals surface area contributed by atoms with Gasteiger partial charge in [0.05, 0.1) is 20.3 Å². The predicted octanol–water partition coefficient (Wildman–Crippen LogP) is 3.64. The summed E-state index contributed by atoms with van der Waals surface area (Å²) in [6, 6.07) is 6.07. The first-order chi connectivity index (χ1) is 13.6. The van der Waals surface area contributed by atoms with E-state index in [0.29, 0.717) is 12.3 Å². The number of thiazole rings is 1. The standard InChI is InChI=1S/C21H29N3O3S/c1-4-19(25)23-20(21-22-9-11-28-21)16-6-5-10-24(14-16)13-15-7-8-17(26-2)18(12-15)27-3/h7-9,11-12,16,20H,4-6,10,13-14H2,1-3H3,(H,23,25)/t16-,20-/m0/s1. The first kappa shape index (κ1) is 20.6. The molecule has 1 aliphatic heterocycles. The van der Waals surface area contributed by atoms with Crippen LogP contribution in [0, 0.1) is 5.92 Å². The molecule has 28 heavy (non-hydrogen) atoms. The van der Waals surface area contributed by atoms with Crippen molar-refractivity contribution in [2.45, 2.75) is 38.8 Å².